The molecule has 0 bridgehead atoms. The third-order valence-electron chi connectivity index (χ3n) is 4.37. The third kappa shape index (κ3) is 7.05. The molecule has 0 heterocycles. The van der Waals surface area contributed by atoms with E-state index in [1.54, 1.807) is 7.11 Å². The maximum absolute atomic E-state index is 5.25. The van der Waals surface area contributed by atoms with Crippen LogP contribution in [0.15, 0.2) is 0 Å². The number of rotatable bonds is 11. The highest BCUT2D eigenvalue weighted by atomic mass is 16.5. The van der Waals surface area contributed by atoms with Crippen molar-refractivity contribution in [3.05, 3.63) is 0 Å². The molecule has 2 unspecified atom stereocenters. The fraction of sp³-hybridized carbons (Fsp3) is 1.00. The summed E-state index contributed by atoms with van der Waals surface area (Å²) >= 11 is 0. The Morgan fingerprint density at radius 2 is 2.05 bits per heavy atom. The maximum atomic E-state index is 5.25. The minimum absolute atomic E-state index is 0.740. The van der Waals surface area contributed by atoms with Crippen LogP contribution in [0.3, 0.4) is 0 Å². The molecule has 0 aromatic rings. The molecule has 1 N–H and O–H groups in total. The number of hydrogen-bond acceptors (Lipinski definition) is 3. The van der Waals surface area contributed by atoms with Crippen LogP contribution in [-0.2, 0) is 4.74 Å². The molecule has 2 atom stereocenters. The van der Waals surface area contributed by atoms with E-state index in [2.05, 4.69) is 31.0 Å². The molecule has 1 aliphatic rings. The topological polar surface area (TPSA) is 24.5 Å². The van der Waals surface area contributed by atoms with Gasteiger partial charge in [-0.05, 0) is 50.6 Å². The van der Waals surface area contributed by atoms with Crippen molar-refractivity contribution in [2.45, 2.75) is 58.9 Å². The first-order valence-electron chi connectivity index (χ1n) is 8.62. The van der Waals surface area contributed by atoms with Crippen molar-refractivity contribution in [3.63, 3.8) is 0 Å². The molecule has 1 aliphatic carbocycles. The van der Waals surface area contributed by atoms with Gasteiger partial charge in [0.2, 0.25) is 0 Å². The van der Waals surface area contributed by atoms with Gasteiger partial charge in [-0.3, -0.25) is 0 Å². The first-order valence-corrected chi connectivity index (χ1v) is 8.62. The van der Waals surface area contributed by atoms with Gasteiger partial charge in [-0.25, -0.2) is 0 Å². The molecule has 3 nitrogen and oxygen atoms in total. The van der Waals surface area contributed by atoms with Crippen LogP contribution in [-0.4, -0.2) is 50.8 Å². The molecular weight excluding hydrogens is 248 g/mol. The number of hydrogen-bond donors (Lipinski definition) is 1. The largest absolute Gasteiger partial charge is 0.383 e. The van der Waals surface area contributed by atoms with Gasteiger partial charge in [0.15, 0.2) is 0 Å². The minimum atomic E-state index is 0.740. The lowest BCUT2D eigenvalue weighted by molar-refractivity contribution is 0.134. The molecule has 0 spiro atoms. The summed E-state index contributed by atoms with van der Waals surface area (Å²) in [6.07, 6.45) is 6.80. The normalized spacial score (nSPS) is 23.1. The molecule has 0 amide bonds. The smallest absolute Gasteiger partial charge is 0.0589 e. The Kier molecular flexibility index (Phi) is 9.49. The monoisotopic (exact) mass is 284 g/mol. The van der Waals surface area contributed by atoms with Crippen molar-refractivity contribution in [1.29, 1.82) is 0 Å². The quantitative estimate of drug-likeness (QED) is 0.631. The van der Waals surface area contributed by atoms with E-state index < -0.39 is 0 Å². The summed E-state index contributed by atoms with van der Waals surface area (Å²) in [5, 5.41) is 3.75. The van der Waals surface area contributed by atoms with Crippen LogP contribution in [0.1, 0.15) is 52.9 Å². The van der Waals surface area contributed by atoms with Gasteiger partial charge < -0.3 is 15.0 Å². The van der Waals surface area contributed by atoms with Crippen LogP contribution < -0.4 is 5.32 Å². The van der Waals surface area contributed by atoms with Crippen molar-refractivity contribution in [3.8, 4) is 0 Å². The van der Waals surface area contributed by atoms with E-state index in [0.717, 1.165) is 31.0 Å². The zero-order chi connectivity index (χ0) is 14.8. The van der Waals surface area contributed by atoms with Gasteiger partial charge in [-0.1, -0.05) is 27.2 Å². The summed E-state index contributed by atoms with van der Waals surface area (Å²) in [5.74, 6) is 1.63. The second-order valence-corrected chi connectivity index (χ2v) is 6.73. The van der Waals surface area contributed by atoms with Gasteiger partial charge in [0.25, 0.3) is 0 Å². The molecule has 0 aromatic carbocycles. The SMILES string of the molecule is CCCNC1CCCC1CCN(CCOC)CC(C)C. The Morgan fingerprint density at radius 1 is 1.25 bits per heavy atom. The first kappa shape index (κ1) is 17.9. The number of nitrogens with zero attached hydrogens (tertiary/aromatic N) is 1. The molecule has 0 aromatic heterocycles. The van der Waals surface area contributed by atoms with E-state index in [1.165, 1.54) is 51.7 Å². The van der Waals surface area contributed by atoms with E-state index in [1.807, 2.05) is 0 Å². The number of nitrogens with one attached hydrogen (secondary N) is 1. The fourth-order valence-electron chi connectivity index (χ4n) is 3.36. The number of ether oxygens (including phenoxy) is 1. The molecule has 0 saturated heterocycles. The molecule has 1 rings (SSSR count). The summed E-state index contributed by atoms with van der Waals surface area (Å²) in [4.78, 5) is 2.59. The van der Waals surface area contributed by atoms with Gasteiger partial charge in [-0.15, -0.1) is 0 Å². The van der Waals surface area contributed by atoms with Gasteiger partial charge in [0, 0.05) is 26.2 Å². The summed E-state index contributed by atoms with van der Waals surface area (Å²) in [7, 11) is 1.80. The lowest BCUT2D eigenvalue weighted by atomic mass is 9.99. The zero-order valence-corrected chi connectivity index (χ0v) is 14.2. The van der Waals surface area contributed by atoms with Crippen molar-refractivity contribution in [2.75, 3.05) is 39.9 Å². The molecule has 20 heavy (non-hydrogen) atoms. The number of methoxy groups -OCH3 is 1. The van der Waals surface area contributed by atoms with E-state index in [9.17, 15) is 0 Å². The lowest BCUT2D eigenvalue weighted by Gasteiger charge is -2.27. The molecule has 120 valence electrons. The Bertz CT molecular complexity index is 233. The zero-order valence-electron chi connectivity index (χ0n) is 14.2. The van der Waals surface area contributed by atoms with Crippen LogP contribution in [0, 0.1) is 11.8 Å². The fourth-order valence-corrected chi connectivity index (χ4v) is 3.36. The Balaban J connectivity index is 2.32. The summed E-state index contributed by atoms with van der Waals surface area (Å²) in [5.41, 5.74) is 0. The van der Waals surface area contributed by atoms with Crippen molar-refractivity contribution in [1.82, 2.24) is 10.2 Å². The molecule has 1 fully saturated rings. The van der Waals surface area contributed by atoms with Crippen LogP contribution in [0.25, 0.3) is 0 Å². The van der Waals surface area contributed by atoms with Crippen molar-refractivity contribution in [2.24, 2.45) is 11.8 Å². The Labute approximate surface area is 126 Å². The average molecular weight is 284 g/mol. The predicted molar refractivity (Wildman–Crippen MR) is 87.2 cm³/mol. The lowest BCUT2D eigenvalue weighted by Crippen LogP contribution is -2.37. The van der Waals surface area contributed by atoms with Crippen LogP contribution >= 0.6 is 0 Å². The predicted octanol–water partition coefficient (Wildman–Crippen LogP) is 3.15. The van der Waals surface area contributed by atoms with Crippen molar-refractivity contribution < 1.29 is 4.74 Å². The van der Waals surface area contributed by atoms with Crippen molar-refractivity contribution >= 4 is 0 Å². The third-order valence-corrected chi connectivity index (χ3v) is 4.37. The van der Waals surface area contributed by atoms with Gasteiger partial charge in [0.05, 0.1) is 6.61 Å². The van der Waals surface area contributed by atoms with Crippen LogP contribution in [0.5, 0.6) is 0 Å². The van der Waals surface area contributed by atoms with Gasteiger partial charge >= 0.3 is 0 Å². The van der Waals surface area contributed by atoms with E-state index >= 15 is 0 Å². The van der Waals surface area contributed by atoms with E-state index in [-0.39, 0.29) is 0 Å². The molecular formula is C17H36N2O. The van der Waals surface area contributed by atoms with Crippen LogP contribution in [0.2, 0.25) is 0 Å². The van der Waals surface area contributed by atoms with Crippen LogP contribution in [0.4, 0.5) is 0 Å². The highest BCUT2D eigenvalue weighted by Crippen LogP contribution is 2.28. The Morgan fingerprint density at radius 3 is 2.70 bits per heavy atom. The maximum Gasteiger partial charge on any atom is 0.0589 e. The Hall–Kier alpha value is -0.120. The molecule has 0 aliphatic heterocycles. The molecule has 1 saturated carbocycles. The second kappa shape index (κ2) is 10.6. The highest BCUT2D eigenvalue weighted by Gasteiger charge is 2.26. The highest BCUT2D eigenvalue weighted by molar-refractivity contribution is 4.83. The van der Waals surface area contributed by atoms with Gasteiger partial charge in [-0.2, -0.15) is 0 Å². The standard InChI is InChI=1S/C17H36N2O/c1-5-10-18-17-8-6-7-16(17)9-11-19(12-13-20-4)14-15(2)3/h15-18H,5-14H2,1-4H3. The van der Waals surface area contributed by atoms with E-state index in [4.69, 9.17) is 4.74 Å². The second-order valence-electron chi connectivity index (χ2n) is 6.73. The summed E-state index contributed by atoms with van der Waals surface area (Å²) in [6.45, 7) is 12.4. The van der Waals surface area contributed by atoms with E-state index in [0.29, 0.717) is 0 Å². The average Bonchev–Trinajstić information content (AvgIpc) is 2.86. The summed E-state index contributed by atoms with van der Waals surface area (Å²) in [6, 6.07) is 0.776. The minimum Gasteiger partial charge on any atom is -0.383 e. The summed E-state index contributed by atoms with van der Waals surface area (Å²) < 4.78 is 5.25. The molecule has 0 radical (unpaired) electrons. The molecule has 3 heteroatoms. The van der Waals surface area contributed by atoms with Gasteiger partial charge in [0.1, 0.15) is 0 Å². The first-order chi connectivity index (χ1) is 9.67.